The van der Waals surface area contributed by atoms with Gasteiger partial charge in [-0.15, -0.1) is 0 Å². The van der Waals surface area contributed by atoms with E-state index in [2.05, 4.69) is 21.2 Å². The average Bonchev–Trinajstić information content (AvgIpc) is 2.52. The van der Waals surface area contributed by atoms with Crippen molar-refractivity contribution in [3.05, 3.63) is 28.7 Å². The van der Waals surface area contributed by atoms with Gasteiger partial charge in [0.15, 0.2) is 0 Å². The molecule has 7 heteroatoms. The smallest absolute Gasteiger partial charge is 0.240 e. The number of nitrogens with zero attached hydrogens (tertiary/aromatic N) is 1. The number of anilines is 1. The maximum atomic E-state index is 12.2. The molecule has 1 aromatic carbocycles. The molecule has 0 heterocycles. The predicted molar refractivity (Wildman–Crippen MR) is 95.9 cm³/mol. The molecule has 0 spiro atoms. The fraction of sp³-hybridized carbons (Fsp3) is 0.562. The summed E-state index contributed by atoms with van der Waals surface area (Å²) in [5.41, 5.74) is 0.489. The lowest BCUT2D eigenvalue weighted by Gasteiger charge is -2.24. The van der Waals surface area contributed by atoms with E-state index < -0.39 is 10.0 Å². The van der Waals surface area contributed by atoms with E-state index in [1.54, 1.807) is 24.3 Å². The molecule has 0 bridgehead atoms. The van der Waals surface area contributed by atoms with E-state index >= 15 is 0 Å². The van der Waals surface area contributed by atoms with Crippen LogP contribution >= 0.6 is 15.9 Å². The summed E-state index contributed by atoms with van der Waals surface area (Å²) in [5, 5.41) is 2.88. The van der Waals surface area contributed by atoms with Crippen LogP contribution in [0.15, 0.2) is 28.7 Å². The summed E-state index contributed by atoms with van der Waals surface area (Å²) in [6.07, 6.45) is 7.11. The van der Waals surface area contributed by atoms with E-state index in [0.717, 1.165) is 27.9 Å². The molecule has 0 aliphatic heterocycles. The first-order valence-electron chi connectivity index (χ1n) is 7.86. The number of rotatable bonds is 6. The second-order valence-corrected chi connectivity index (χ2v) is 8.88. The van der Waals surface area contributed by atoms with Crippen LogP contribution in [0.3, 0.4) is 0 Å². The molecule has 1 saturated carbocycles. The molecule has 1 aromatic rings. The Labute approximate surface area is 146 Å². The van der Waals surface area contributed by atoms with Gasteiger partial charge in [0, 0.05) is 11.0 Å². The highest BCUT2D eigenvalue weighted by atomic mass is 79.9. The van der Waals surface area contributed by atoms with Gasteiger partial charge in [-0.3, -0.25) is 9.10 Å². The van der Waals surface area contributed by atoms with Crippen LogP contribution < -0.4 is 9.62 Å². The van der Waals surface area contributed by atoms with Crippen molar-refractivity contribution in [2.24, 2.45) is 5.92 Å². The van der Waals surface area contributed by atoms with Gasteiger partial charge in [0.05, 0.1) is 11.9 Å². The molecule has 1 fully saturated rings. The fourth-order valence-electron chi connectivity index (χ4n) is 2.84. The second kappa shape index (κ2) is 8.15. The molecule has 1 aliphatic carbocycles. The number of hydrogen-bond acceptors (Lipinski definition) is 3. The Morgan fingerprint density at radius 1 is 1.22 bits per heavy atom. The molecule has 0 saturated heterocycles. The highest BCUT2D eigenvalue weighted by Crippen LogP contribution is 2.23. The zero-order chi connectivity index (χ0) is 16.9. The molecule has 0 radical (unpaired) electrons. The summed E-state index contributed by atoms with van der Waals surface area (Å²) >= 11 is 3.32. The van der Waals surface area contributed by atoms with Gasteiger partial charge in [-0.25, -0.2) is 8.42 Å². The Kier molecular flexibility index (Phi) is 6.47. The van der Waals surface area contributed by atoms with Crippen molar-refractivity contribution in [1.29, 1.82) is 0 Å². The van der Waals surface area contributed by atoms with Gasteiger partial charge in [-0.05, 0) is 43.0 Å². The number of carbonyl (C=O) groups is 1. The first kappa shape index (κ1) is 18.3. The molecule has 128 valence electrons. The highest BCUT2D eigenvalue weighted by molar-refractivity contribution is 9.10. The monoisotopic (exact) mass is 402 g/mol. The Morgan fingerprint density at radius 3 is 2.39 bits per heavy atom. The molecule has 23 heavy (non-hydrogen) atoms. The lowest BCUT2D eigenvalue weighted by molar-refractivity contribution is -0.119. The van der Waals surface area contributed by atoms with Crippen molar-refractivity contribution in [3.63, 3.8) is 0 Å². The van der Waals surface area contributed by atoms with Crippen molar-refractivity contribution in [3.8, 4) is 0 Å². The predicted octanol–water partition coefficient (Wildman–Crippen LogP) is 2.91. The SMILES string of the molecule is CS(=O)(=O)N(CC(=O)NCC1CCCCC1)c1ccc(Br)cc1. The maximum Gasteiger partial charge on any atom is 0.240 e. The molecule has 0 atom stereocenters. The lowest BCUT2D eigenvalue weighted by Crippen LogP contribution is -2.41. The lowest BCUT2D eigenvalue weighted by atomic mass is 9.89. The Morgan fingerprint density at radius 2 is 1.83 bits per heavy atom. The van der Waals surface area contributed by atoms with E-state index in [9.17, 15) is 13.2 Å². The first-order chi connectivity index (χ1) is 10.9. The minimum absolute atomic E-state index is 0.187. The Bertz CT molecular complexity index is 625. The standard InChI is InChI=1S/C16H23BrN2O3S/c1-23(21,22)19(15-9-7-14(17)8-10-15)12-16(20)18-11-13-5-3-2-4-6-13/h7-10,13H,2-6,11-12H2,1H3,(H,18,20). The molecular formula is C16H23BrN2O3S. The molecule has 2 rings (SSSR count). The summed E-state index contributed by atoms with van der Waals surface area (Å²) in [6.45, 7) is 0.448. The average molecular weight is 403 g/mol. The van der Waals surface area contributed by atoms with Gasteiger partial charge < -0.3 is 5.32 Å². The molecule has 1 N–H and O–H groups in total. The van der Waals surface area contributed by atoms with Crippen LogP contribution in [0.4, 0.5) is 5.69 Å². The molecule has 0 aromatic heterocycles. The maximum absolute atomic E-state index is 12.2. The van der Waals surface area contributed by atoms with Crippen LogP contribution in [0.1, 0.15) is 32.1 Å². The van der Waals surface area contributed by atoms with Crippen LogP contribution in [-0.2, 0) is 14.8 Å². The number of benzene rings is 1. The number of sulfonamides is 1. The van der Waals surface area contributed by atoms with Crippen molar-refractivity contribution in [2.45, 2.75) is 32.1 Å². The summed E-state index contributed by atoms with van der Waals surface area (Å²) in [5.74, 6) is 0.260. The normalized spacial score (nSPS) is 16.1. The van der Waals surface area contributed by atoms with Crippen LogP contribution in [0.2, 0.25) is 0 Å². The zero-order valence-corrected chi connectivity index (χ0v) is 15.7. The number of halogens is 1. The summed E-state index contributed by atoms with van der Waals surface area (Å²) < 4.78 is 26.0. The Hall–Kier alpha value is -1.08. The van der Waals surface area contributed by atoms with E-state index in [1.165, 1.54) is 19.3 Å². The van der Waals surface area contributed by atoms with Crippen molar-refractivity contribution >= 4 is 37.5 Å². The summed E-state index contributed by atoms with van der Waals surface area (Å²) in [7, 11) is -3.51. The van der Waals surface area contributed by atoms with Crippen molar-refractivity contribution in [2.75, 3.05) is 23.7 Å². The molecule has 1 amide bonds. The van der Waals surface area contributed by atoms with Gasteiger partial charge in [0.2, 0.25) is 15.9 Å². The largest absolute Gasteiger partial charge is 0.354 e. The molecule has 1 aliphatic rings. The number of nitrogens with one attached hydrogen (secondary N) is 1. The minimum atomic E-state index is -3.51. The van der Waals surface area contributed by atoms with E-state index in [4.69, 9.17) is 0 Å². The number of carbonyl (C=O) groups excluding carboxylic acids is 1. The van der Waals surface area contributed by atoms with Gasteiger partial charge in [0.25, 0.3) is 0 Å². The third kappa shape index (κ3) is 5.80. The first-order valence-corrected chi connectivity index (χ1v) is 10.5. The van der Waals surface area contributed by atoms with E-state index in [0.29, 0.717) is 18.2 Å². The van der Waals surface area contributed by atoms with Crippen LogP contribution in [0.5, 0.6) is 0 Å². The summed E-state index contributed by atoms with van der Waals surface area (Å²) in [6, 6.07) is 6.87. The van der Waals surface area contributed by atoms with Gasteiger partial charge in [-0.1, -0.05) is 35.2 Å². The number of amides is 1. The van der Waals surface area contributed by atoms with E-state index in [-0.39, 0.29) is 12.5 Å². The summed E-state index contributed by atoms with van der Waals surface area (Å²) in [4.78, 5) is 12.2. The number of hydrogen-bond donors (Lipinski definition) is 1. The fourth-order valence-corrected chi connectivity index (χ4v) is 3.96. The molecule has 0 unspecified atom stereocenters. The second-order valence-electron chi connectivity index (χ2n) is 6.05. The third-order valence-electron chi connectivity index (χ3n) is 4.11. The van der Waals surface area contributed by atoms with Crippen molar-refractivity contribution < 1.29 is 13.2 Å². The zero-order valence-electron chi connectivity index (χ0n) is 13.3. The van der Waals surface area contributed by atoms with Gasteiger partial charge in [-0.2, -0.15) is 0 Å². The molecule has 5 nitrogen and oxygen atoms in total. The molecular weight excluding hydrogens is 380 g/mol. The van der Waals surface area contributed by atoms with Gasteiger partial charge in [0.1, 0.15) is 6.54 Å². The highest BCUT2D eigenvalue weighted by Gasteiger charge is 2.21. The topological polar surface area (TPSA) is 66.5 Å². The van der Waals surface area contributed by atoms with Crippen molar-refractivity contribution in [1.82, 2.24) is 5.32 Å². The minimum Gasteiger partial charge on any atom is -0.354 e. The quantitative estimate of drug-likeness (QED) is 0.795. The Balaban J connectivity index is 1.97. The van der Waals surface area contributed by atoms with E-state index in [1.807, 2.05) is 0 Å². The van der Waals surface area contributed by atoms with Crippen LogP contribution in [0, 0.1) is 5.92 Å². The van der Waals surface area contributed by atoms with Crippen LogP contribution in [0.25, 0.3) is 0 Å². The van der Waals surface area contributed by atoms with Crippen LogP contribution in [-0.4, -0.2) is 33.7 Å². The van der Waals surface area contributed by atoms with Gasteiger partial charge >= 0.3 is 0 Å². The third-order valence-corrected chi connectivity index (χ3v) is 5.78.